The van der Waals surface area contributed by atoms with Gasteiger partial charge in [0.1, 0.15) is 6.61 Å². The predicted molar refractivity (Wildman–Crippen MR) is 65.9 cm³/mol. The predicted octanol–water partition coefficient (Wildman–Crippen LogP) is 3.24. The number of nitrogens with one attached hydrogen (secondary N) is 1. The minimum atomic E-state index is -4.42. The zero-order chi connectivity index (χ0) is 15.0. The first-order chi connectivity index (χ1) is 9.42. The fourth-order valence-electron chi connectivity index (χ4n) is 1.44. The molecule has 0 aromatic heterocycles. The quantitative estimate of drug-likeness (QED) is 0.454. The lowest BCUT2D eigenvalue weighted by Crippen LogP contribution is -2.19. The van der Waals surface area contributed by atoms with Crippen LogP contribution in [0.1, 0.15) is 18.9 Å². The number of halogens is 4. The largest absolute Gasteiger partial charge is 0.464 e. The van der Waals surface area contributed by atoms with E-state index in [0.29, 0.717) is 6.54 Å². The van der Waals surface area contributed by atoms with Crippen LogP contribution in [0.4, 0.5) is 17.6 Å². The topological polar surface area (TPSA) is 30.5 Å². The van der Waals surface area contributed by atoms with Crippen LogP contribution in [-0.2, 0) is 11.3 Å². The Morgan fingerprint density at radius 2 is 2.00 bits per heavy atom. The average molecular weight is 295 g/mol. The van der Waals surface area contributed by atoms with Crippen LogP contribution >= 0.6 is 0 Å². The summed E-state index contributed by atoms with van der Waals surface area (Å²) in [5.74, 6) is -0.761. The number of alkyl halides is 3. The van der Waals surface area contributed by atoms with Gasteiger partial charge in [0, 0.05) is 6.54 Å². The molecule has 0 heterocycles. The fraction of sp³-hybridized carbons (Fsp3) is 0.538. The van der Waals surface area contributed by atoms with Crippen LogP contribution in [0.3, 0.4) is 0 Å². The van der Waals surface area contributed by atoms with Crippen molar-refractivity contribution in [2.75, 3.05) is 19.9 Å². The molecule has 0 saturated heterocycles. The van der Waals surface area contributed by atoms with E-state index in [9.17, 15) is 17.6 Å². The third-order valence-electron chi connectivity index (χ3n) is 2.32. The van der Waals surface area contributed by atoms with Gasteiger partial charge in [-0.05, 0) is 30.7 Å². The summed E-state index contributed by atoms with van der Waals surface area (Å²) in [6.07, 6.45) is -3.45. The van der Waals surface area contributed by atoms with Gasteiger partial charge >= 0.3 is 6.18 Å². The molecule has 7 heteroatoms. The molecule has 0 atom stereocenters. The van der Waals surface area contributed by atoms with Gasteiger partial charge < -0.3 is 14.8 Å². The molecule has 0 unspecified atom stereocenters. The van der Waals surface area contributed by atoms with Gasteiger partial charge in [0.2, 0.25) is 0 Å². The van der Waals surface area contributed by atoms with Crippen molar-refractivity contribution in [2.24, 2.45) is 0 Å². The van der Waals surface area contributed by atoms with Crippen molar-refractivity contribution < 1.29 is 27.0 Å². The van der Waals surface area contributed by atoms with Gasteiger partial charge in [-0.15, -0.1) is 0 Å². The summed E-state index contributed by atoms with van der Waals surface area (Å²) in [5.41, 5.74) is 0.736. The number of ether oxygens (including phenoxy) is 2. The number of rotatable bonds is 8. The molecule has 114 valence electrons. The van der Waals surface area contributed by atoms with E-state index in [2.05, 4.69) is 10.1 Å². The maximum absolute atomic E-state index is 13.6. The lowest BCUT2D eigenvalue weighted by molar-refractivity contribution is -0.187. The van der Waals surface area contributed by atoms with Crippen molar-refractivity contribution in [3.8, 4) is 5.75 Å². The maximum Gasteiger partial charge on any atom is 0.411 e. The normalized spacial score (nSPS) is 11.7. The van der Waals surface area contributed by atoms with Crippen LogP contribution in [-0.4, -0.2) is 26.1 Å². The number of hydrogen-bond acceptors (Lipinski definition) is 3. The molecule has 20 heavy (non-hydrogen) atoms. The highest BCUT2D eigenvalue weighted by molar-refractivity contribution is 5.29. The summed E-state index contributed by atoms with van der Waals surface area (Å²) in [5, 5.41) is 3.11. The van der Waals surface area contributed by atoms with Crippen LogP contribution in [0.5, 0.6) is 5.75 Å². The molecule has 0 saturated carbocycles. The third-order valence-corrected chi connectivity index (χ3v) is 2.32. The standard InChI is InChI=1S/C13H17F4NO2/c1-2-5-18-7-10-3-4-12(11(14)6-10)20-9-19-8-13(15,16)17/h3-4,6,18H,2,5,7-9H2,1H3. The van der Waals surface area contributed by atoms with Gasteiger partial charge in [-0.1, -0.05) is 13.0 Å². The van der Waals surface area contributed by atoms with Crippen molar-refractivity contribution >= 4 is 0 Å². The van der Waals surface area contributed by atoms with Gasteiger partial charge in [-0.2, -0.15) is 13.2 Å². The Morgan fingerprint density at radius 1 is 1.25 bits per heavy atom. The van der Waals surface area contributed by atoms with Gasteiger partial charge in [-0.3, -0.25) is 0 Å². The Labute approximate surface area is 114 Å². The summed E-state index contributed by atoms with van der Waals surface area (Å²) in [6, 6.07) is 4.29. The Balaban J connectivity index is 2.39. The third kappa shape index (κ3) is 6.72. The number of benzene rings is 1. The summed E-state index contributed by atoms with van der Waals surface area (Å²) < 4.78 is 58.0. The molecule has 1 N–H and O–H groups in total. The smallest absolute Gasteiger partial charge is 0.411 e. The first-order valence-corrected chi connectivity index (χ1v) is 6.19. The second kappa shape index (κ2) is 8.06. The Kier molecular flexibility index (Phi) is 6.74. The van der Waals surface area contributed by atoms with E-state index in [-0.39, 0.29) is 5.75 Å². The minimum absolute atomic E-state index is 0.133. The van der Waals surface area contributed by atoms with Crippen LogP contribution in [0.15, 0.2) is 18.2 Å². The summed E-state index contributed by atoms with van der Waals surface area (Å²) >= 11 is 0. The van der Waals surface area contributed by atoms with Crippen molar-refractivity contribution in [3.05, 3.63) is 29.6 Å². The molecule has 0 aliphatic heterocycles. The van der Waals surface area contributed by atoms with Crippen molar-refractivity contribution in [1.82, 2.24) is 5.32 Å². The Bertz CT molecular complexity index is 410. The second-order valence-corrected chi connectivity index (χ2v) is 4.17. The van der Waals surface area contributed by atoms with Gasteiger partial charge in [-0.25, -0.2) is 4.39 Å². The van der Waals surface area contributed by atoms with Crippen LogP contribution in [0, 0.1) is 5.82 Å². The second-order valence-electron chi connectivity index (χ2n) is 4.17. The van der Waals surface area contributed by atoms with Crippen molar-refractivity contribution in [2.45, 2.75) is 26.1 Å². The molecule has 1 aromatic rings. The molecule has 0 aliphatic rings. The summed E-state index contributed by atoms with van der Waals surface area (Å²) in [6.45, 7) is 1.30. The van der Waals surface area contributed by atoms with E-state index >= 15 is 0 Å². The molecular weight excluding hydrogens is 278 g/mol. The van der Waals surface area contributed by atoms with E-state index in [1.165, 1.54) is 12.1 Å². The summed E-state index contributed by atoms with van der Waals surface area (Å²) in [7, 11) is 0. The monoisotopic (exact) mass is 295 g/mol. The molecule has 0 fully saturated rings. The minimum Gasteiger partial charge on any atom is -0.464 e. The molecule has 1 rings (SSSR count). The molecule has 0 spiro atoms. The summed E-state index contributed by atoms with van der Waals surface area (Å²) in [4.78, 5) is 0. The molecule has 0 radical (unpaired) electrons. The first kappa shape index (κ1) is 16.7. The zero-order valence-electron chi connectivity index (χ0n) is 11.1. The van der Waals surface area contributed by atoms with Crippen molar-refractivity contribution in [1.29, 1.82) is 0 Å². The van der Waals surface area contributed by atoms with E-state index in [1.54, 1.807) is 6.07 Å². The lowest BCUT2D eigenvalue weighted by Gasteiger charge is -2.11. The van der Waals surface area contributed by atoms with E-state index in [0.717, 1.165) is 18.5 Å². The zero-order valence-corrected chi connectivity index (χ0v) is 11.1. The van der Waals surface area contributed by atoms with Crippen LogP contribution in [0.25, 0.3) is 0 Å². The highest BCUT2D eigenvalue weighted by Crippen LogP contribution is 2.19. The Hall–Kier alpha value is -1.34. The highest BCUT2D eigenvalue weighted by Gasteiger charge is 2.27. The molecule has 0 amide bonds. The van der Waals surface area contributed by atoms with E-state index in [4.69, 9.17) is 4.74 Å². The Morgan fingerprint density at radius 3 is 2.60 bits per heavy atom. The fourth-order valence-corrected chi connectivity index (χ4v) is 1.44. The van der Waals surface area contributed by atoms with Gasteiger partial charge in [0.05, 0.1) is 0 Å². The molecular formula is C13H17F4NO2. The number of hydrogen-bond donors (Lipinski definition) is 1. The highest BCUT2D eigenvalue weighted by atomic mass is 19.4. The van der Waals surface area contributed by atoms with Crippen LogP contribution in [0.2, 0.25) is 0 Å². The van der Waals surface area contributed by atoms with Gasteiger partial charge in [0.25, 0.3) is 0 Å². The molecule has 3 nitrogen and oxygen atoms in total. The average Bonchev–Trinajstić information content (AvgIpc) is 2.36. The van der Waals surface area contributed by atoms with E-state index in [1.807, 2.05) is 6.92 Å². The van der Waals surface area contributed by atoms with Crippen LogP contribution < -0.4 is 10.1 Å². The van der Waals surface area contributed by atoms with E-state index < -0.39 is 25.4 Å². The molecule has 1 aromatic carbocycles. The van der Waals surface area contributed by atoms with Gasteiger partial charge in [0.15, 0.2) is 18.4 Å². The lowest BCUT2D eigenvalue weighted by atomic mass is 10.2. The first-order valence-electron chi connectivity index (χ1n) is 6.19. The molecule has 0 aliphatic carbocycles. The SMILES string of the molecule is CCCNCc1ccc(OCOCC(F)(F)F)c(F)c1. The van der Waals surface area contributed by atoms with Crippen molar-refractivity contribution in [3.63, 3.8) is 0 Å². The maximum atomic E-state index is 13.6. The molecule has 0 bridgehead atoms.